The molecule has 1 aliphatic rings. The van der Waals surface area contributed by atoms with Gasteiger partial charge < -0.3 is 14.4 Å². The number of ketones is 2. The summed E-state index contributed by atoms with van der Waals surface area (Å²) in [4.78, 5) is 41.0. The van der Waals surface area contributed by atoms with E-state index >= 15 is 0 Å². The van der Waals surface area contributed by atoms with Gasteiger partial charge in [0, 0.05) is 29.5 Å². The molecule has 0 radical (unpaired) electrons. The van der Waals surface area contributed by atoms with E-state index in [1.165, 1.54) is 19.1 Å². The maximum Gasteiger partial charge on any atom is 0.415 e. The maximum absolute atomic E-state index is 15.0. The number of amides is 1. The molecule has 0 N–H and O–H groups in total. The molecule has 0 spiro atoms. The zero-order valence-corrected chi connectivity index (χ0v) is 23.3. The first-order valence-corrected chi connectivity index (χ1v) is 14.0. The number of hydrogen-bond acceptors (Lipinski definition) is 6. The number of nitrogens with zero attached hydrogens (tertiary/aromatic N) is 1. The zero-order valence-electron chi connectivity index (χ0n) is 22.5. The van der Waals surface area contributed by atoms with Gasteiger partial charge in [0.15, 0.2) is 28.7 Å². The topological polar surface area (TPSA) is 72.9 Å². The van der Waals surface area contributed by atoms with Crippen molar-refractivity contribution in [2.75, 3.05) is 19.3 Å². The van der Waals surface area contributed by atoms with Gasteiger partial charge in [-0.2, -0.15) is 0 Å². The van der Waals surface area contributed by atoms with Gasteiger partial charge in [0.25, 0.3) is 0 Å². The van der Waals surface area contributed by atoms with E-state index < -0.39 is 23.4 Å². The van der Waals surface area contributed by atoms with Gasteiger partial charge in [0.05, 0.1) is 0 Å². The number of para-hydroxylation sites is 1. The van der Waals surface area contributed by atoms with Gasteiger partial charge in [0.1, 0.15) is 5.75 Å². The summed E-state index contributed by atoms with van der Waals surface area (Å²) in [6.07, 6.45) is 1.82. The normalized spacial score (nSPS) is 17.1. The van der Waals surface area contributed by atoms with Gasteiger partial charge in [-0.1, -0.05) is 36.4 Å². The number of hydrogen-bond donors (Lipinski definition) is 0. The molecule has 3 aromatic carbocycles. The highest BCUT2D eigenvalue weighted by Crippen LogP contribution is 2.32. The Labute approximate surface area is 232 Å². The van der Waals surface area contributed by atoms with Crippen LogP contribution in [0.4, 0.5) is 9.18 Å². The molecule has 0 saturated carbocycles. The summed E-state index contributed by atoms with van der Waals surface area (Å²) in [5.41, 5.74) is 0.0818. The minimum atomic E-state index is -1.16. The van der Waals surface area contributed by atoms with Crippen molar-refractivity contribution in [1.82, 2.24) is 4.90 Å². The van der Waals surface area contributed by atoms with E-state index in [1.807, 2.05) is 24.5 Å². The quantitative estimate of drug-likeness (QED) is 0.225. The molecule has 2 atom stereocenters. The molecule has 39 heavy (non-hydrogen) atoms. The lowest BCUT2D eigenvalue weighted by atomic mass is 9.84. The van der Waals surface area contributed by atoms with E-state index in [-0.39, 0.29) is 29.8 Å². The average Bonchev–Trinajstić information content (AvgIpc) is 3.34. The van der Waals surface area contributed by atoms with Crippen LogP contribution in [0.2, 0.25) is 0 Å². The summed E-state index contributed by atoms with van der Waals surface area (Å²) >= 11 is 1.59. The maximum atomic E-state index is 15.0. The van der Waals surface area contributed by atoms with Crippen LogP contribution in [-0.4, -0.2) is 47.5 Å². The van der Waals surface area contributed by atoms with Gasteiger partial charge in [-0.3, -0.25) is 9.59 Å². The van der Waals surface area contributed by atoms with Gasteiger partial charge in [-0.25, -0.2) is 9.18 Å². The van der Waals surface area contributed by atoms with E-state index in [1.54, 1.807) is 73.0 Å². The lowest BCUT2D eigenvalue weighted by molar-refractivity contribution is -0.129. The molecule has 1 heterocycles. The third kappa shape index (κ3) is 6.87. The molecule has 204 valence electrons. The van der Waals surface area contributed by atoms with Crippen molar-refractivity contribution in [3.63, 3.8) is 0 Å². The SMILES string of the molecule is CSc1ccc(C(=O)C2CN(C(=O)Oc3ccccc3)CC2Cc2ccc(OC(C)(C)C(C)=O)c(F)c2)cc1. The molecule has 0 bridgehead atoms. The zero-order chi connectivity index (χ0) is 28.2. The Morgan fingerprint density at radius 2 is 1.69 bits per heavy atom. The number of Topliss-reactive ketones (excluding diaryl/α,β-unsaturated/α-hetero) is 2. The molecule has 2 unspecified atom stereocenters. The van der Waals surface area contributed by atoms with Crippen molar-refractivity contribution in [2.24, 2.45) is 11.8 Å². The molecular weight excluding hydrogens is 517 g/mol. The summed E-state index contributed by atoms with van der Waals surface area (Å²) < 4.78 is 26.1. The van der Waals surface area contributed by atoms with Crippen LogP contribution >= 0.6 is 11.8 Å². The van der Waals surface area contributed by atoms with Crippen LogP contribution in [0.3, 0.4) is 0 Å². The van der Waals surface area contributed by atoms with Crippen molar-refractivity contribution in [2.45, 2.75) is 37.7 Å². The highest BCUT2D eigenvalue weighted by atomic mass is 32.2. The van der Waals surface area contributed by atoms with E-state index in [0.717, 1.165) is 4.90 Å². The smallest absolute Gasteiger partial charge is 0.415 e. The molecule has 1 saturated heterocycles. The summed E-state index contributed by atoms with van der Waals surface area (Å²) in [5, 5.41) is 0. The first kappa shape index (κ1) is 28.4. The van der Waals surface area contributed by atoms with E-state index in [4.69, 9.17) is 9.47 Å². The van der Waals surface area contributed by atoms with Crippen LogP contribution in [0.5, 0.6) is 11.5 Å². The summed E-state index contributed by atoms with van der Waals surface area (Å²) in [7, 11) is 0. The van der Waals surface area contributed by atoms with Crippen LogP contribution in [0.1, 0.15) is 36.7 Å². The Morgan fingerprint density at radius 3 is 2.31 bits per heavy atom. The largest absolute Gasteiger partial charge is 0.477 e. The molecule has 1 fully saturated rings. The molecule has 0 aromatic heterocycles. The second-order valence-corrected chi connectivity index (χ2v) is 11.1. The van der Waals surface area contributed by atoms with Crippen molar-refractivity contribution in [3.8, 4) is 11.5 Å². The third-order valence-electron chi connectivity index (χ3n) is 7.07. The minimum absolute atomic E-state index is 0.0139. The number of carbonyl (C=O) groups excluding carboxylic acids is 3. The van der Waals surface area contributed by atoms with Crippen LogP contribution < -0.4 is 9.47 Å². The predicted octanol–water partition coefficient (Wildman–Crippen LogP) is 6.47. The van der Waals surface area contributed by atoms with E-state index in [0.29, 0.717) is 29.8 Å². The van der Waals surface area contributed by atoms with Gasteiger partial charge >= 0.3 is 6.09 Å². The molecule has 6 nitrogen and oxygen atoms in total. The Morgan fingerprint density at radius 1 is 1.00 bits per heavy atom. The van der Waals surface area contributed by atoms with Gasteiger partial charge in [0.2, 0.25) is 0 Å². The number of thioether (sulfide) groups is 1. The summed E-state index contributed by atoms with van der Waals surface area (Å²) in [6.45, 7) is 5.07. The Balaban J connectivity index is 1.55. The minimum Gasteiger partial charge on any atom is -0.477 e. The predicted molar refractivity (Wildman–Crippen MR) is 149 cm³/mol. The van der Waals surface area contributed by atoms with Crippen LogP contribution in [0.15, 0.2) is 77.7 Å². The second-order valence-electron chi connectivity index (χ2n) is 10.2. The monoisotopic (exact) mass is 549 g/mol. The lowest BCUT2D eigenvalue weighted by Gasteiger charge is -2.24. The summed E-state index contributed by atoms with van der Waals surface area (Å²) in [6, 6.07) is 20.8. The van der Waals surface area contributed by atoms with Crippen LogP contribution in [-0.2, 0) is 11.2 Å². The first-order valence-electron chi connectivity index (χ1n) is 12.8. The number of ether oxygens (including phenoxy) is 2. The first-order chi connectivity index (χ1) is 18.6. The van der Waals surface area contributed by atoms with Crippen molar-refractivity contribution in [3.05, 3.63) is 89.7 Å². The summed E-state index contributed by atoms with van der Waals surface area (Å²) in [5.74, 6) is -1.19. The van der Waals surface area contributed by atoms with Crippen LogP contribution in [0.25, 0.3) is 0 Å². The fourth-order valence-corrected chi connectivity index (χ4v) is 4.96. The third-order valence-corrected chi connectivity index (χ3v) is 7.81. The Hall–Kier alpha value is -3.65. The highest BCUT2D eigenvalue weighted by molar-refractivity contribution is 7.98. The fraction of sp³-hybridized carbons (Fsp3) is 0.323. The molecule has 1 aliphatic heterocycles. The van der Waals surface area contributed by atoms with Gasteiger partial charge in [-0.15, -0.1) is 11.8 Å². The van der Waals surface area contributed by atoms with Crippen LogP contribution in [0, 0.1) is 17.7 Å². The Bertz CT molecular complexity index is 1340. The van der Waals surface area contributed by atoms with Crippen molar-refractivity contribution in [1.29, 1.82) is 0 Å². The average molecular weight is 550 g/mol. The van der Waals surface area contributed by atoms with Crippen molar-refractivity contribution >= 4 is 29.4 Å². The molecule has 3 aromatic rings. The highest BCUT2D eigenvalue weighted by Gasteiger charge is 2.40. The van der Waals surface area contributed by atoms with E-state index in [2.05, 4.69) is 0 Å². The lowest BCUT2D eigenvalue weighted by Crippen LogP contribution is -2.36. The number of carbonyl (C=O) groups is 3. The molecule has 0 aliphatic carbocycles. The van der Waals surface area contributed by atoms with Gasteiger partial charge in [-0.05, 0) is 81.3 Å². The standard InChI is InChI=1S/C31H32FNO5S/c1-20(34)31(2,3)38-28-15-10-21(17-27(28)32)16-23-18-33(30(36)37-24-8-6-5-7-9-24)19-26(23)29(35)22-11-13-25(39-4)14-12-22/h5-15,17,23,26H,16,18-19H2,1-4H3. The molecular formula is C31H32FNO5S. The van der Waals surface area contributed by atoms with Crippen molar-refractivity contribution < 1.29 is 28.2 Å². The molecule has 8 heteroatoms. The molecule has 1 amide bonds. The Kier molecular flexibility index (Phi) is 8.75. The fourth-order valence-electron chi connectivity index (χ4n) is 4.55. The number of halogens is 1. The number of benzene rings is 3. The second kappa shape index (κ2) is 12.0. The van der Waals surface area contributed by atoms with E-state index in [9.17, 15) is 18.8 Å². The number of rotatable bonds is 9. The molecule has 4 rings (SSSR count). The number of likely N-dealkylation sites (tertiary alicyclic amines) is 1.